The highest BCUT2D eigenvalue weighted by molar-refractivity contribution is 5.61. The van der Waals surface area contributed by atoms with Crippen molar-refractivity contribution in [2.45, 2.75) is 12.5 Å². The number of anilines is 1. The van der Waals surface area contributed by atoms with Crippen LogP contribution in [0.2, 0.25) is 0 Å². The zero-order chi connectivity index (χ0) is 10.1. The van der Waals surface area contributed by atoms with Gasteiger partial charge in [0.2, 0.25) is 5.65 Å². The van der Waals surface area contributed by atoms with Crippen LogP contribution in [0.5, 0.6) is 0 Å². The number of hydrogen-bond acceptors (Lipinski definition) is 5. The summed E-state index contributed by atoms with van der Waals surface area (Å²) < 4.78 is 7.13. The summed E-state index contributed by atoms with van der Waals surface area (Å²) in [6, 6.07) is 0.334. The minimum atomic E-state index is 0.334. The topological polar surface area (TPSA) is 64.3 Å². The second-order valence-electron chi connectivity index (χ2n) is 3.54. The Balaban J connectivity index is 1.92. The average molecular weight is 205 g/mol. The molecule has 3 heterocycles. The van der Waals surface area contributed by atoms with Gasteiger partial charge in [-0.3, -0.25) is 4.40 Å². The van der Waals surface area contributed by atoms with Gasteiger partial charge in [-0.05, 0) is 6.42 Å². The molecule has 0 amide bonds. The lowest BCUT2D eigenvalue weighted by Crippen LogP contribution is -2.20. The smallest absolute Gasteiger partial charge is 0.203 e. The van der Waals surface area contributed by atoms with Gasteiger partial charge >= 0.3 is 0 Å². The molecule has 1 saturated heterocycles. The molecule has 0 spiro atoms. The number of aromatic nitrogens is 4. The van der Waals surface area contributed by atoms with Crippen molar-refractivity contribution in [1.29, 1.82) is 0 Å². The molecule has 15 heavy (non-hydrogen) atoms. The summed E-state index contributed by atoms with van der Waals surface area (Å²) in [5.74, 6) is 0.769. The van der Waals surface area contributed by atoms with Gasteiger partial charge in [-0.15, -0.1) is 10.2 Å². The van der Waals surface area contributed by atoms with Crippen molar-refractivity contribution in [2.75, 3.05) is 18.5 Å². The molecule has 0 saturated carbocycles. The molecule has 2 aromatic heterocycles. The number of ether oxygens (including phenoxy) is 1. The van der Waals surface area contributed by atoms with Crippen LogP contribution in [0.4, 0.5) is 5.82 Å². The summed E-state index contributed by atoms with van der Waals surface area (Å²) in [6.07, 6.45) is 6.23. The molecule has 0 radical (unpaired) electrons. The van der Waals surface area contributed by atoms with Crippen molar-refractivity contribution in [3.8, 4) is 0 Å². The lowest BCUT2D eigenvalue weighted by molar-refractivity contribution is 0.195. The Kier molecular flexibility index (Phi) is 1.99. The summed E-state index contributed by atoms with van der Waals surface area (Å²) in [6.45, 7) is 1.55. The molecule has 2 aromatic rings. The molecular formula is C9H11N5O. The van der Waals surface area contributed by atoms with E-state index < -0.39 is 0 Å². The first-order chi connectivity index (χ1) is 7.43. The molecular weight excluding hydrogens is 194 g/mol. The number of nitrogens with one attached hydrogen (secondary N) is 1. The summed E-state index contributed by atoms with van der Waals surface area (Å²) in [5.41, 5.74) is 0.754. The van der Waals surface area contributed by atoms with Crippen LogP contribution in [0.25, 0.3) is 5.65 Å². The van der Waals surface area contributed by atoms with E-state index in [2.05, 4.69) is 20.5 Å². The van der Waals surface area contributed by atoms with Gasteiger partial charge in [-0.2, -0.15) is 0 Å². The second-order valence-corrected chi connectivity index (χ2v) is 3.54. The maximum absolute atomic E-state index is 5.29. The molecule has 1 N–H and O–H groups in total. The summed E-state index contributed by atoms with van der Waals surface area (Å²) >= 11 is 0. The third-order valence-electron chi connectivity index (χ3n) is 2.49. The van der Waals surface area contributed by atoms with Gasteiger partial charge in [-0.1, -0.05) is 0 Å². The third kappa shape index (κ3) is 1.52. The Hall–Kier alpha value is -1.69. The van der Waals surface area contributed by atoms with Crippen LogP contribution in [0.15, 0.2) is 18.7 Å². The summed E-state index contributed by atoms with van der Waals surface area (Å²) in [7, 11) is 0. The van der Waals surface area contributed by atoms with E-state index in [0.29, 0.717) is 6.04 Å². The van der Waals surface area contributed by atoms with Gasteiger partial charge in [0.05, 0.1) is 12.6 Å². The molecule has 0 aliphatic carbocycles. The fourth-order valence-corrected chi connectivity index (χ4v) is 1.70. The van der Waals surface area contributed by atoms with Crippen molar-refractivity contribution in [3.63, 3.8) is 0 Å². The lowest BCUT2D eigenvalue weighted by Gasteiger charge is -2.10. The first kappa shape index (κ1) is 8.60. The molecule has 78 valence electrons. The second kappa shape index (κ2) is 3.47. The van der Waals surface area contributed by atoms with E-state index in [9.17, 15) is 0 Å². The van der Waals surface area contributed by atoms with Gasteiger partial charge < -0.3 is 10.1 Å². The first-order valence-electron chi connectivity index (χ1n) is 4.92. The van der Waals surface area contributed by atoms with Crippen LogP contribution in [0, 0.1) is 0 Å². The summed E-state index contributed by atoms with van der Waals surface area (Å²) in [5, 5.41) is 11.2. The van der Waals surface area contributed by atoms with Gasteiger partial charge in [0, 0.05) is 19.0 Å². The van der Waals surface area contributed by atoms with E-state index in [1.165, 1.54) is 0 Å². The first-order valence-corrected chi connectivity index (χ1v) is 4.92. The Morgan fingerprint density at radius 2 is 2.53 bits per heavy atom. The van der Waals surface area contributed by atoms with Crippen LogP contribution in [0.3, 0.4) is 0 Å². The van der Waals surface area contributed by atoms with Crippen LogP contribution < -0.4 is 5.32 Å². The van der Waals surface area contributed by atoms with Crippen molar-refractivity contribution in [1.82, 2.24) is 19.6 Å². The van der Waals surface area contributed by atoms with Crippen LogP contribution in [-0.2, 0) is 4.74 Å². The highest BCUT2D eigenvalue weighted by atomic mass is 16.5. The third-order valence-corrected chi connectivity index (χ3v) is 2.49. The van der Waals surface area contributed by atoms with E-state index in [-0.39, 0.29) is 0 Å². The molecule has 0 aromatic carbocycles. The maximum Gasteiger partial charge on any atom is 0.203 e. The maximum atomic E-state index is 5.29. The standard InChI is InChI=1S/C9H11N5O/c1-4-15-5-7(1)12-8-9-13-11-6-14(9)3-2-10-8/h2-3,6-7H,1,4-5H2,(H,10,12). The zero-order valence-corrected chi connectivity index (χ0v) is 8.13. The van der Waals surface area contributed by atoms with E-state index >= 15 is 0 Å². The predicted molar refractivity (Wildman–Crippen MR) is 53.6 cm³/mol. The number of hydrogen-bond donors (Lipinski definition) is 1. The van der Waals surface area contributed by atoms with Crippen LogP contribution >= 0.6 is 0 Å². The molecule has 1 aliphatic heterocycles. The molecule has 0 bridgehead atoms. The number of fused-ring (bicyclic) bond motifs is 1. The molecule has 6 heteroatoms. The molecule has 1 atom stereocenters. The van der Waals surface area contributed by atoms with Gasteiger partial charge in [0.15, 0.2) is 5.82 Å². The summed E-state index contributed by atoms with van der Waals surface area (Å²) in [4.78, 5) is 4.25. The average Bonchev–Trinajstić information content (AvgIpc) is 2.87. The van der Waals surface area contributed by atoms with E-state index in [4.69, 9.17) is 4.74 Å². The largest absolute Gasteiger partial charge is 0.379 e. The Labute approximate surface area is 86.3 Å². The molecule has 1 aliphatic rings. The van der Waals surface area contributed by atoms with E-state index in [1.54, 1.807) is 12.5 Å². The molecule has 3 rings (SSSR count). The van der Waals surface area contributed by atoms with Crippen LogP contribution in [0.1, 0.15) is 6.42 Å². The monoisotopic (exact) mass is 205 g/mol. The van der Waals surface area contributed by atoms with Gasteiger partial charge in [0.1, 0.15) is 6.33 Å². The van der Waals surface area contributed by atoms with Crippen molar-refractivity contribution >= 4 is 11.5 Å². The Bertz CT molecular complexity index is 462. The van der Waals surface area contributed by atoms with E-state index in [0.717, 1.165) is 31.1 Å². The quantitative estimate of drug-likeness (QED) is 0.765. The molecule has 1 fully saturated rings. The fraction of sp³-hybridized carbons (Fsp3) is 0.444. The van der Waals surface area contributed by atoms with Crippen molar-refractivity contribution in [3.05, 3.63) is 18.7 Å². The fourth-order valence-electron chi connectivity index (χ4n) is 1.70. The van der Waals surface area contributed by atoms with Crippen molar-refractivity contribution < 1.29 is 4.74 Å². The van der Waals surface area contributed by atoms with Gasteiger partial charge in [0.25, 0.3) is 0 Å². The highest BCUT2D eigenvalue weighted by Crippen LogP contribution is 2.14. The predicted octanol–water partition coefficient (Wildman–Crippen LogP) is 0.325. The van der Waals surface area contributed by atoms with Gasteiger partial charge in [-0.25, -0.2) is 4.98 Å². The number of nitrogens with zero attached hydrogens (tertiary/aromatic N) is 4. The lowest BCUT2D eigenvalue weighted by atomic mass is 10.2. The minimum absolute atomic E-state index is 0.334. The van der Waals surface area contributed by atoms with E-state index in [1.807, 2.05) is 10.6 Å². The minimum Gasteiger partial charge on any atom is -0.379 e. The van der Waals surface area contributed by atoms with Crippen molar-refractivity contribution in [2.24, 2.45) is 0 Å². The number of rotatable bonds is 2. The highest BCUT2D eigenvalue weighted by Gasteiger charge is 2.17. The normalized spacial score (nSPS) is 20.9. The molecule has 6 nitrogen and oxygen atoms in total. The Morgan fingerprint density at radius 3 is 3.40 bits per heavy atom. The zero-order valence-electron chi connectivity index (χ0n) is 8.13. The molecule has 1 unspecified atom stereocenters. The SMILES string of the molecule is c1cn2cnnc2c(NC2CCOC2)n1. The Morgan fingerprint density at radius 1 is 1.53 bits per heavy atom. The van der Waals surface area contributed by atoms with Crippen LogP contribution in [-0.4, -0.2) is 38.8 Å².